The first-order chi connectivity index (χ1) is 5.04. The van der Waals surface area contributed by atoms with Gasteiger partial charge in [-0.05, 0) is 12.2 Å². The van der Waals surface area contributed by atoms with Crippen LogP contribution in [0.5, 0.6) is 0 Å². The molecule has 0 bridgehead atoms. The van der Waals surface area contributed by atoms with E-state index in [-0.39, 0.29) is 0 Å². The summed E-state index contributed by atoms with van der Waals surface area (Å²) in [5.74, 6) is -3.25. The van der Waals surface area contributed by atoms with Gasteiger partial charge >= 0.3 is 5.79 Å². The second kappa shape index (κ2) is 2.41. The normalized spacial score (nSPS) is 29.8. The average molecular weight is 161 g/mol. The van der Waals surface area contributed by atoms with Crippen molar-refractivity contribution in [2.24, 2.45) is 0 Å². The Hall–Kier alpha value is -1.26. The van der Waals surface area contributed by atoms with Crippen molar-refractivity contribution in [3.8, 4) is 0 Å². The third kappa shape index (κ3) is 1.42. The summed E-state index contributed by atoms with van der Waals surface area (Å²) in [4.78, 5) is 8.93. The lowest BCUT2D eigenvalue weighted by atomic mass is 10.1. The van der Waals surface area contributed by atoms with Crippen LogP contribution < -0.4 is 0 Å². The quantitative estimate of drug-likeness (QED) is 0.334. The molecule has 0 heterocycles. The highest BCUT2D eigenvalue weighted by Gasteiger charge is 2.40. The number of halogens is 2. The van der Waals surface area contributed by atoms with Crippen LogP contribution in [-0.4, -0.2) is 10.7 Å². The van der Waals surface area contributed by atoms with Crippen LogP contribution in [0.25, 0.3) is 0 Å². The first-order valence-corrected chi connectivity index (χ1v) is 2.93. The Morgan fingerprint density at radius 2 is 2.36 bits per heavy atom. The number of alkyl halides is 1. The maximum absolute atomic E-state index is 12.9. The Labute approximate surface area is 61.2 Å². The van der Waals surface area contributed by atoms with E-state index < -0.39 is 23.0 Å². The summed E-state index contributed by atoms with van der Waals surface area (Å²) in [6.45, 7) is 0. The Bertz CT molecular complexity index is 249. The van der Waals surface area contributed by atoms with Gasteiger partial charge in [0, 0.05) is 6.08 Å². The van der Waals surface area contributed by atoms with Gasteiger partial charge in [-0.3, -0.25) is 10.1 Å². The summed E-state index contributed by atoms with van der Waals surface area (Å²) >= 11 is 0. The molecule has 60 valence electrons. The maximum atomic E-state index is 12.9. The van der Waals surface area contributed by atoms with Crippen LogP contribution >= 0.6 is 0 Å². The fourth-order valence-corrected chi connectivity index (χ4v) is 0.719. The fraction of sp³-hybridized carbons (Fsp3) is 0.333. The third-order valence-corrected chi connectivity index (χ3v) is 1.38. The molecule has 0 fully saturated rings. The molecule has 11 heavy (non-hydrogen) atoms. The van der Waals surface area contributed by atoms with E-state index in [4.69, 9.17) is 0 Å². The van der Waals surface area contributed by atoms with Gasteiger partial charge in [0.15, 0.2) is 0 Å². The Balaban J connectivity index is 2.82. The topological polar surface area (TPSA) is 43.1 Å². The SMILES string of the molecule is O=[N+]([O-])C1(F)C=CC(F)=CC1. The monoisotopic (exact) mass is 161 g/mol. The van der Waals surface area contributed by atoms with E-state index in [0.717, 1.165) is 12.2 Å². The molecule has 0 saturated heterocycles. The minimum Gasteiger partial charge on any atom is -0.261 e. The number of hydrogen-bond acceptors (Lipinski definition) is 2. The zero-order valence-corrected chi connectivity index (χ0v) is 5.46. The predicted molar refractivity (Wildman–Crippen MR) is 33.8 cm³/mol. The predicted octanol–water partition coefficient (Wildman–Crippen LogP) is 1.74. The summed E-state index contributed by atoms with van der Waals surface area (Å²) < 4.78 is 25.0. The second-order valence-electron chi connectivity index (χ2n) is 2.20. The van der Waals surface area contributed by atoms with Gasteiger partial charge < -0.3 is 0 Å². The van der Waals surface area contributed by atoms with Gasteiger partial charge in [-0.25, -0.2) is 4.39 Å². The molecule has 0 aromatic rings. The standard InChI is InChI=1S/C6H5F2NO2/c7-5-1-3-6(8,4-2-5)9(10)11/h1-3H,4H2. The number of nitro groups is 1. The van der Waals surface area contributed by atoms with Crippen molar-refractivity contribution in [1.29, 1.82) is 0 Å². The minimum atomic E-state index is -2.62. The zero-order valence-electron chi connectivity index (χ0n) is 5.46. The van der Waals surface area contributed by atoms with Gasteiger partial charge in [-0.15, -0.1) is 0 Å². The summed E-state index contributed by atoms with van der Waals surface area (Å²) in [6.07, 6.45) is 1.68. The van der Waals surface area contributed by atoms with Crippen molar-refractivity contribution >= 4 is 0 Å². The molecule has 0 spiro atoms. The summed E-state index contributed by atoms with van der Waals surface area (Å²) in [6, 6.07) is 0. The van der Waals surface area contributed by atoms with Crippen LogP contribution in [0.2, 0.25) is 0 Å². The first-order valence-electron chi connectivity index (χ1n) is 2.93. The van der Waals surface area contributed by atoms with Crippen molar-refractivity contribution in [3.63, 3.8) is 0 Å². The fourth-order valence-electron chi connectivity index (χ4n) is 0.719. The summed E-state index contributed by atoms with van der Waals surface area (Å²) in [7, 11) is 0. The molecule has 3 nitrogen and oxygen atoms in total. The van der Waals surface area contributed by atoms with Crippen molar-refractivity contribution in [1.82, 2.24) is 0 Å². The molecule has 0 radical (unpaired) electrons. The lowest BCUT2D eigenvalue weighted by Crippen LogP contribution is -2.31. The highest BCUT2D eigenvalue weighted by atomic mass is 19.1. The molecule has 5 heteroatoms. The maximum Gasteiger partial charge on any atom is 0.381 e. The van der Waals surface area contributed by atoms with Gasteiger partial charge in [0.05, 0.1) is 11.3 Å². The highest BCUT2D eigenvalue weighted by molar-refractivity contribution is 5.20. The molecule has 1 atom stereocenters. The lowest BCUT2D eigenvalue weighted by molar-refractivity contribution is -0.588. The number of allylic oxidation sites excluding steroid dienone is 2. The van der Waals surface area contributed by atoms with E-state index in [2.05, 4.69) is 0 Å². The smallest absolute Gasteiger partial charge is 0.261 e. The molecule has 1 aliphatic rings. The van der Waals surface area contributed by atoms with Crippen molar-refractivity contribution in [3.05, 3.63) is 34.2 Å². The molecule has 0 aromatic heterocycles. The second-order valence-corrected chi connectivity index (χ2v) is 2.20. The van der Waals surface area contributed by atoms with Crippen molar-refractivity contribution in [2.45, 2.75) is 12.2 Å². The van der Waals surface area contributed by atoms with Gasteiger partial charge in [-0.2, -0.15) is 4.39 Å². The van der Waals surface area contributed by atoms with Crippen molar-refractivity contribution < 1.29 is 13.7 Å². The molecule has 0 aromatic carbocycles. The zero-order chi connectivity index (χ0) is 8.48. The van der Waals surface area contributed by atoms with E-state index in [1.54, 1.807) is 0 Å². The molecular formula is C6H5F2NO2. The Kier molecular flexibility index (Phi) is 1.72. The molecule has 0 N–H and O–H groups in total. The molecule has 1 aliphatic carbocycles. The van der Waals surface area contributed by atoms with E-state index in [9.17, 15) is 18.9 Å². The van der Waals surface area contributed by atoms with Gasteiger partial charge in [0.2, 0.25) is 0 Å². The van der Waals surface area contributed by atoms with E-state index in [0.29, 0.717) is 6.08 Å². The molecule has 1 unspecified atom stereocenters. The molecule has 1 rings (SSSR count). The Morgan fingerprint density at radius 3 is 2.73 bits per heavy atom. The van der Waals surface area contributed by atoms with Crippen LogP contribution in [0, 0.1) is 10.1 Å². The summed E-state index contributed by atoms with van der Waals surface area (Å²) in [5, 5.41) is 10.0. The number of nitrogens with zero attached hydrogens (tertiary/aromatic N) is 1. The van der Waals surface area contributed by atoms with E-state index in [1.807, 2.05) is 0 Å². The van der Waals surface area contributed by atoms with Gasteiger partial charge in [0.25, 0.3) is 0 Å². The van der Waals surface area contributed by atoms with E-state index in [1.165, 1.54) is 0 Å². The lowest BCUT2D eigenvalue weighted by Gasteiger charge is -2.12. The van der Waals surface area contributed by atoms with Crippen LogP contribution in [0.1, 0.15) is 6.42 Å². The number of hydrogen-bond donors (Lipinski definition) is 0. The van der Waals surface area contributed by atoms with Crippen molar-refractivity contribution in [2.75, 3.05) is 0 Å². The Morgan fingerprint density at radius 1 is 1.73 bits per heavy atom. The van der Waals surface area contributed by atoms with E-state index >= 15 is 0 Å². The minimum absolute atomic E-state index is 0.539. The molecule has 0 amide bonds. The van der Waals surface area contributed by atoms with Gasteiger partial charge in [-0.1, -0.05) is 0 Å². The third-order valence-electron chi connectivity index (χ3n) is 1.38. The summed E-state index contributed by atoms with van der Waals surface area (Å²) in [5.41, 5.74) is 0. The van der Waals surface area contributed by atoms with Gasteiger partial charge in [0.1, 0.15) is 5.83 Å². The largest absolute Gasteiger partial charge is 0.381 e. The average Bonchev–Trinajstić information content (AvgIpc) is 1.95. The molecular weight excluding hydrogens is 156 g/mol. The van der Waals surface area contributed by atoms with Crippen LogP contribution in [0.15, 0.2) is 24.1 Å². The van der Waals surface area contributed by atoms with Crippen LogP contribution in [0.3, 0.4) is 0 Å². The van der Waals surface area contributed by atoms with Crippen LogP contribution in [-0.2, 0) is 0 Å². The van der Waals surface area contributed by atoms with Crippen LogP contribution in [0.4, 0.5) is 8.78 Å². The highest BCUT2D eigenvalue weighted by Crippen LogP contribution is 2.25. The molecule has 0 aliphatic heterocycles. The number of rotatable bonds is 1. The first kappa shape index (κ1) is 7.84. The molecule has 0 saturated carbocycles.